The van der Waals surface area contributed by atoms with Crippen molar-refractivity contribution in [2.24, 2.45) is 0 Å². The first-order valence-corrected chi connectivity index (χ1v) is 6.59. The zero-order valence-electron chi connectivity index (χ0n) is 11.9. The SMILES string of the molecule is CCNC(=O)NC(=O)C(C)N1CCCC1CNC.Cl. The Balaban J connectivity index is 0.00000324. The molecule has 19 heavy (non-hydrogen) atoms. The molecule has 3 amide bonds. The molecule has 1 fully saturated rings. The van der Waals surface area contributed by atoms with Gasteiger partial charge in [-0.05, 0) is 40.3 Å². The minimum absolute atomic E-state index is 0. The molecule has 0 bridgehead atoms. The number of likely N-dealkylation sites (N-methyl/N-ethyl adjacent to an activating group) is 1. The summed E-state index contributed by atoms with van der Waals surface area (Å²) >= 11 is 0. The van der Waals surface area contributed by atoms with Crippen molar-refractivity contribution in [2.45, 2.75) is 38.8 Å². The van der Waals surface area contributed by atoms with Gasteiger partial charge in [-0.15, -0.1) is 12.4 Å². The normalized spacial score (nSPS) is 20.5. The average Bonchev–Trinajstić information content (AvgIpc) is 2.77. The number of nitrogens with zero attached hydrogens (tertiary/aromatic N) is 1. The van der Waals surface area contributed by atoms with Crippen molar-refractivity contribution in [1.82, 2.24) is 20.9 Å². The van der Waals surface area contributed by atoms with Crippen LogP contribution in [0, 0.1) is 0 Å². The van der Waals surface area contributed by atoms with Gasteiger partial charge in [-0.25, -0.2) is 4.79 Å². The van der Waals surface area contributed by atoms with E-state index >= 15 is 0 Å². The number of carbonyl (C=O) groups is 2. The van der Waals surface area contributed by atoms with Crippen molar-refractivity contribution in [2.75, 3.05) is 26.7 Å². The number of hydrogen-bond donors (Lipinski definition) is 3. The topological polar surface area (TPSA) is 73.5 Å². The van der Waals surface area contributed by atoms with Gasteiger partial charge in [0, 0.05) is 19.1 Å². The molecule has 0 aliphatic carbocycles. The third-order valence-corrected chi connectivity index (χ3v) is 3.31. The Morgan fingerprint density at radius 1 is 1.42 bits per heavy atom. The van der Waals surface area contributed by atoms with E-state index in [9.17, 15) is 9.59 Å². The average molecular weight is 293 g/mol. The number of halogens is 1. The fraction of sp³-hybridized carbons (Fsp3) is 0.833. The Bertz CT molecular complexity index is 301. The largest absolute Gasteiger partial charge is 0.338 e. The second-order valence-corrected chi connectivity index (χ2v) is 4.62. The van der Waals surface area contributed by atoms with E-state index in [-0.39, 0.29) is 24.4 Å². The monoisotopic (exact) mass is 292 g/mol. The van der Waals surface area contributed by atoms with E-state index in [2.05, 4.69) is 20.9 Å². The number of rotatable bonds is 5. The van der Waals surface area contributed by atoms with Crippen molar-refractivity contribution in [1.29, 1.82) is 0 Å². The predicted octanol–water partition coefficient (Wildman–Crippen LogP) is 0.326. The molecule has 6 nitrogen and oxygen atoms in total. The molecule has 1 heterocycles. The molecule has 2 atom stereocenters. The van der Waals surface area contributed by atoms with Crippen molar-refractivity contribution in [3.05, 3.63) is 0 Å². The molecule has 0 saturated carbocycles. The Hall–Kier alpha value is -0.850. The maximum atomic E-state index is 11.9. The molecule has 2 unspecified atom stereocenters. The first-order chi connectivity index (χ1) is 8.60. The highest BCUT2D eigenvalue weighted by Gasteiger charge is 2.31. The third kappa shape index (κ3) is 5.34. The number of imide groups is 1. The summed E-state index contributed by atoms with van der Waals surface area (Å²) in [6.07, 6.45) is 2.20. The summed E-state index contributed by atoms with van der Waals surface area (Å²) in [4.78, 5) is 25.4. The molecule has 0 aromatic rings. The lowest BCUT2D eigenvalue weighted by molar-refractivity contribution is -0.125. The molecule has 112 valence electrons. The van der Waals surface area contributed by atoms with Crippen LogP contribution in [0.2, 0.25) is 0 Å². The van der Waals surface area contributed by atoms with E-state index < -0.39 is 6.03 Å². The molecule has 0 radical (unpaired) electrons. The lowest BCUT2D eigenvalue weighted by atomic mass is 10.2. The van der Waals surface area contributed by atoms with Crippen LogP contribution >= 0.6 is 12.4 Å². The van der Waals surface area contributed by atoms with Gasteiger partial charge in [-0.3, -0.25) is 15.0 Å². The van der Waals surface area contributed by atoms with Crippen LogP contribution in [0.5, 0.6) is 0 Å². The maximum Gasteiger partial charge on any atom is 0.321 e. The van der Waals surface area contributed by atoms with Crippen molar-refractivity contribution >= 4 is 24.3 Å². The fourth-order valence-electron chi connectivity index (χ4n) is 2.39. The van der Waals surface area contributed by atoms with Crippen molar-refractivity contribution in [3.8, 4) is 0 Å². The van der Waals surface area contributed by atoms with Crippen LogP contribution in [0.1, 0.15) is 26.7 Å². The Morgan fingerprint density at radius 2 is 2.11 bits per heavy atom. The van der Waals surface area contributed by atoms with Crippen LogP contribution < -0.4 is 16.0 Å². The number of likely N-dealkylation sites (tertiary alicyclic amines) is 1. The Morgan fingerprint density at radius 3 is 2.68 bits per heavy atom. The zero-order chi connectivity index (χ0) is 13.5. The minimum Gasteiger partial charge on any atom is -0.338 e. The quantitative estimate of drug-likeness (QED) is 0.683. The molecule has 7 heteroatoms. The summed E-state index contributed by atoms with van der Waals surface area (Å²) in [5, 5.41) is 8.07. The minimum atomic E-state index is -0.418. The highest BCUT2D eigenvalue weighted by atomic mass is 35.5. The van der Waals surface area contributed by atoms with E-state index in [1.807, 2.05) is 20.9 Å². The van der Waals surface area contributed by atoms with Crippen LogP contribution in [0.4, 0.5) is 4.79 Å². The number of amides is 3. The van der Waals surface area contributed by atoms with Crippen LogP contribution in [-0.4, -0.2) is 55.6 Å². The van der Waals surface area contributed by atoms with Gasteiger partial charge in [-0.2, -0.15) is 0 Å². The molecule has 1 rings (SSSR count). The van der Waals surface area contributed by atoms with Gasteiger partial charge < -0.3 is 10.6 Å². The van der Waals surface area contributed by atoms with E-state index in [0.29, 0.717) is 12.6 Å². The van der Waals surface area contributed by atoms with Crippen LogP contribution in [-0.2, 0) is 4.79 Å². The lowest BCUT2D eigenvalue weighted by Crippen LogP contribution is -2.52. The maximum absolute atomic E-state index is 11.9. The zero-order valence-corrected chi connectivity index (χ0v) is 12.7. The van der Waals surface area contributed by atoms with Crippen molar-refractivity contribution in [3.63, 3.8) is 0 Å². The number of carbonyl (C=O) groups excluding carboxylic acids is 2. The first kappa shape index (κ1) is 18.1. The van der Waals surface area contributed by atoms with Crippen LogP contribution in [0.25, 0.3) is 0 Å². The molecular formula is C12H25ClN4O2. The standard InChI is InChI=1S/C12H24N4O2.ClH/c1-4-14-12(18)15-11(17)9(2)16-7-5-6-10(16)8-13-3;/h9-10,13H,4-8H2,1-3H3,(H2,14,15,17,18);1H. The van der Waals surface area contributed by atoms with E-state index in [1.54, 1.807) is 0 Å². The summed E-state index contributed by atoms with van der Waals surface area (Å²) < 4.78 is 0. The van der Waals surface area contributed by atoms with E-state index in [0.717, 1.165) is 25.9 Å². The summed E-state index contributed by atoms with van der Waals surface area (Å²) in [6, 6.07) is -0.308. The highest BCUT2D eigenvalue weighted by molar-refractivity contribution is 5.96. The smallest absolute Gasteiger partial charge is 0.321 e. The van der Waals surface area contributed by atoms with Gasteiger partial charge in [0.05, 0.1) is 6.04 Å². The summed E-state index contributed by atoms with van der Waals surface area (Å²) in [5.74, 6) is -0.232. The molecule has 1 aliphatic heterocycles. The van der Waals surface area contributed by atoms with Crippen molar-refractivity contribution < 1.29 is 9.59 Å². The van der Waals surface area contributed by atoms with E-state index in [4.69, 9.17) is 0 Å². The number of urea groups is 1. The lowest BCUT2D eigenvalue weighted by Gasteiger charge is -2.29. The number of nitrogens with one attached hydrogen (secondary N) is 3. The summed E-state index contributed by atoms with van der Waals surface area (Å²) in [5.41, 5.74) is 0. The molecule has 0 aromatic carbocycles. The fourth-order valence-corrected chi connectivity index (χ4v) is 2.39. The van der Waals surface area contributed by atoms with Gasteiger partial charge in [0.25, 0.3) is 0 Å². The predicted molar refractivity (Wildman–Crippen MR) is 77.6 cm³/mol. The highest BCUT2D eigenvalue weighted by Crippen LogP contribution is 2.19. The molecule has 1 aliphatic rings. The first-order valence-electron chi connectivity index (χ1n) is 6.59. The third-order valence-electron chi connectivity index (χ3n) is 3.31. The van der Waals surface area contributed by atoms with Gasteiger partial charge in [0.1, 0.15) is 0 Å². The van der Waals surface area contributed by atoms with Gasteiger partial charge >= 0.3 is 6.03 Å². The summed E-state index contributed by atoms with van der Waals surface area (Å²) in [6.45, 7) is 5.97. The number of hydrogen-bond acceptors (Lipinski definition) is 4. The molecule has 1 saturated heterocycles. The Labute approximate surface area is 121 Å². The molecule has 3 N–H and O–H groups in total. The molecular weight excluding hydrogens is 268 g/mol. The Kier molecular flexibility index (Phi) is 8.71. The van der Waals surface area contributed by atoms with Gasteiger partial charge in [0.15, 0.2) is 0 Å². The second kappa shape index (κ2) is 9.12. The molecule has 0 spiro atoms. The van der Waals surface area contributed by atoms with E-state index in [1.165, 1.54) is 0 Å². The summed E-state index contributed by atoms with van der Waals surface area (Å²) in [7, 11) is 1.91. The van der Waals surface area contributed by atoms with Crippen LogP contribution in [0.15, 0.2) is 0 Å². The molecule has 0 aromatic heterocycles. The van der Waals surface area contributed by atoms with Gasteiger partial charge in [-0.1, -0.05) is 0 Å². The van der Waals surface area contributed by atoms with Crippen LogP contribution in [0.3, 0.4) is 0 Å². The second-order valence-electron chi connectivity index (χ2n) is 4.62. The van der Waals surface area contributed by atoms with Gasteiger partial charge in [0.2, 0.25) is 5.91 Å².